The number of hydrogen-bond acceptors (Lipinski definition) is 5. The van der Waals surface area contributed by atoms with Crippen LogP contribution < -0.4 is 9.64 Å². The second-order valence-electron chi connectivity index (χ2n) is 5.61. The van der Waals surface area contributed by atoms with Gasteiger partial charge >= 0.3 is 0 Å². The van der Waals surface area contributed by atoms with E-state index in [1.165, 1.54) is 36.6 Å². The highest BCUT2D eigenvalue weighted by molar-refractivity contribution is 7.15. The highest BCUT2D eigenvalue weighted by Gasteiger charge is 2.11. The van der Waals surface area contributed by atoms with Gasteiger partial charge in [-0.15, -0.1) is 10.2 Å². The molecule has 0 saturated heterocycles. The molecular formula is C18H17F2N3OS. The van der Waals surface area contributed by atoms with E-state index in [0.717, 1.165) is 21.3 Å². The third kappa shape index (κ3) is 4.30. The van der Waals surface area contributed by atoms with Crippen molar-refractivity contribution in [2.75, 3.05) is 19.1 Å². The summed E-state index contributed by atoms with van der Waals surface area (Å²) in [5, 5.41) is 9.95. The van der Waals surface area contributed by atoms with Crippen molar-refractivity contribution in [3.05, 3.63) is 70.2 Å². The number of ether oxygens (including phenoxy) is 1. The number of halogens is 2. The Hall–Kier alpha value is -2.54. The fraction of sp³-hybridized carbons (Fsp3) is 0.222. The summed E-state index contributed by atoms with van der Waals surface area (Å²) in [6.07, 6.45) is 0.600. The summed E-state index contributed by atoms with van der Waals surface area (Å²) >= 11 is 1.46. The Balaban J connectivity index is 1.66. The van der Waals surface area contributed by atoms with Gasteiger partial charge in [0.05, 0.1) is 7.11 Å². The fourth-order valence-electron chi connectivity index (χ4n) is 2.40. The van der Waals surface area contributed by atoms with Gasteiger partial charge in [0.1, 0.15) is 10.8 Å². The van der Waals surface area contributed by atoms with Crippen molar-refractivity contribution in [3.63, 3.8) is 0 Å². The van der Waals surface area contributed by atoms with Crippen LogP contribution in [-0.4, -0.2) is 24.4 Å². The van der Waals surface area contributed by atoms with Crippen LogP contribution in [0.15, 0.2) is 42.5 Å². The lowest BCUT2D eigenvalue weighted by Crippen LogP contribution is -2.16. The first-order valence-corrected chi connectivity index (χ1v) is 8.47. The minimum absolute atomic E-state index is 0.226. The topological polar surface area (TPSA) is 38.2 Å². The van der Waals surface area contributed by atoms with Gasteiger partial charge in [-0.2, -0.15) is 0 Å². The average molecular weight is 361 g/mol. The molecule has 0 aliphatic carbocycles. The minimum Gasteiger partial charge on any atom is -0.494 e. The Morgan fingerprint density at radius 1 is 1.04 bits per heavy atom. The minimum atomic E-state index is -0.386. The quantitative estimate of drug-likeness (QED) is 0.664. The largest absolute Gasteiger partial charge is 0.494 e. The molecule has 7 heteroatoms. The van der Waals surface area contributed by atoms with Gasteiger partial charge in [-0.3, -0.25) is 0 Å². The van der Waals surface area contributed by atoms with E-state index < -0.39 is 0 Å². The first-order chi connectivity index (χ1) is 12.0. The summed E-state index contributed by atoms with van der Waals surface area (Å²) in [6, 6.07) is 11.2. The van der Waals surface area contributed by atoms with E-state index in [-0.39, 0.29) is 17.4 Å². The molecular weight excluding hydrogens is 344 g/mol. The van der Waals surface area contributed by atoms with Crippen LogP contribution in [0.3, 0.4) is 0 Å². The van der Waals surface area contributed by atoms with E-state index in [4.69, 9.17) is 4.74 Å². The number of rotatable bonds is 6. The Bertz CT molecular complexity index is 852. The van der Waals surface area contributed by atoms with Crippen molar-refractivity contribution in [2.24, 2.45) is 0 Å². The summed E-state index contributed by atoms with van der Waals surface area (Å²) in [6.45, 7) is 0.506. The zero-order valence-corrected chi connectivity index (χ0v) is 14.7. The lowest BCUT2D eigenvalue weighted by Gasteiger charge is -2.15. The molecule has 1 heterocycles. The molecule has 130 valence electrons. The highest BCUT2D eigenvalue weighted by atomic mass is 32.1. The first-order valence-electron chi connectivity index (χ1n) is 7.65. The molecule has 0 fully saturated rings. The molecule has 0 aliphatic rings. The van der Waals surface area contributed by atoms with E-state index in [2.05, 4.69) is 10.2 Å². The van der Waals surface area contributed by atoms with Gasteiger partial charge in [0, 0.05) is 20.0 Å². The summed E-state index contributed by atoms with van der Waals surface area (Å²) < 4.78 is 31.7. The van der Waals surface area contributed by atoms with Crippen molar-refractivity contribution in [1.82, 2.24) is 10.2 Å². The molecule has 0 N–H and O–H groups in total. The summed E-state index contributed by atoms with van der Waals surface area (Å²) in [4.78, 5) is 1.91. The lowest BCUT2D eigenvalue weighted by molar-refractivity contribution is 0.386. The van der Waals surface area contributed by atoms with Crippen molar-refractivity contribution in [1.29, 1.82) is 0 Å². The van der Waals surface area contributed by atoms with Crippen LogP contribution in [0.4, 0.5) is 13.9 Å². The van der Waals surface area contributed by atoms with Crippen LogP contribution in [0.25, 0.3) is 0 Å². The Kier molecular flexibility index (Phi) is 5.23. The van der Waals surface area contributed by atoms with Crippen LogP contribution in [0.5, 0.6) is 5.75 Å². The Labute approximate surface area is 148 Å². The van der Waals surface area contributed by atoms with Gasteiger partial charge in [-0.1, -0.05) is 29.5 Å². The molecule has 4 nitrogen and oxygen atoms in total. The summed E-state index contributed by atoms with van der Waals surface area (Å²) in [5.41, 5.74) is 1.79. The molecule has 0 saturated carbocycles. The van der Waals surface area contributed by atoms with Crippen molar-refractivity contribution in [3.8, 4) is 5.75 Å². The lowest BCUT2D eigenvalue weighted by atomic mass is 10.2. The molecule has 3 rings (SSSR count). The highest BCUT2D eigenvalue weighted by Crippen LogP contribution is 2.24. The number of hydrogen-bond donors (Lipinski definition) is 0. The van der Waals surface area contributed by atoms with E-state index in [9.17, 15) is 8.78 Å². The molecule has 0 aliphatic heterocycles. The Morgan fingerprint density at radius 3 is 2.44 bits per heavy atom. The number of anilines is 1. The first kappa shape index (κ1) is 17.3. The molecule has 0 radical (unpaired) electrons. The summed E-state index contributed by atoms with van der Waals surface area (Å²) in [5.74, 6) is -0.417. The second-order valence-corrected chi connectivity index (χ2v) is 6.65. The molecule has 1 aromatic heterocycles. The summed E-state index contributed by atoms with van der Waals surface area (Å²) in [7, 11) is 3.32. The van der Waals surface area contributed by atoms with Gasteiger partial charge < -0.3 is 9.64 Å². The maximum Gasteiger partial charge on any atom is 0.208 e. The molecule has 0 amide bonds. The van der Waals surface area contributed by atoms with E-state index in [0.29, 0.717) is 13.0 Å². The normalized spacial score (nSPS) is 10.7. The number of aromatic nitrogens is 2. The molecule has 25 heavy (non-hydrogen) atoms. The number of nitrogens with zero attached hydrogens (tertiary/aromatic N) is 3. The van der Waals surface area contributed by atoms with Crippen molar-refractivity contribution < 1.29 is 13.5 Å². The Morgan fingerprint density at radius 2 is 1.76 bits per heavy atom. The standard InChI is InChI=1S/C18H17F2N3OS/c1-23(11-13-5-8-16(24-2)15(20)9-13)18-22-21-17(25-18)10-12-3-6-14(19)7-4-12/h3-9H,10-11H2,1-2H3. The van der Waals surface area contributed by atoms with Gasteiger partial charge in [0.25, 0.3) is 0 Å². The number of methoxy groups -OCH3 is 1. The molecule has 3 aromatic rings. The van der Waals surface area contributed by atoms with E-state index in [1.807, 2.05) is 18.0 Å². The van der Waals surface area contributed by atoms with Crippen LogP contribution >= 0.6 is 11.3 Å². The van der Waals surface area contributed by atoms with Crippen LogP contribution in [0, 0.1) is 11.6 Å². The van der Waals surface area contributed by atoms with Gasteiger partial charge in [-0.05, 0) is 35.4 Å². The number of benzene rings is 2. The molecule has 0 bridgehead atoms. The van der Waals surface area contributed by atoms with Crippen LogP contribution in [0.2, 0.25) is 0 Å². The predicted octanol–water partition coefficient (Wildman–Crippen LogP) is 4.05. The smallest absolute Gasteiger partial charge is 0.208 e. The van der Waals surface area contributed by atoms with Crippen molar-refractivity contribution >= 4 is 16.5 Å². The van der Waals surface area contributed by atoms with Gasteiger partial charge in [0.15, 0.2) is 11.6 Å². The van der Waals surface area contributed by atoms with Gasteiger partial charge in [-0.25, -0.2) is 8.78 Å². The van der Waals surface area contributed by atoms with Crippen LogP contribution in [-0.2, 0) is 13.0 Å². The maximum absolute atomic E-state index is 13.8. The third-order valence-electron chi connectivity index (χ3n) is 3.69. The average Bonchev–Trinajstić information content (AvgIpc) is 3.06. The zero-order valence-electron chi connectivity index (χ0n) is 13.9. The second kappa shape index (κ2) is 7.57. The van der Waals surface area contributed by atoms with E-state index >= 15 is 0 Å². The SMILES string of the molecule is COc1ccc(CN(C)c2nnc(Cc3ccc(F)cc3)s2)cc1F. The molecule has 0 atom stereocenters. The molecule has 2 aromatic carbocycles. The maximum atomic E-state index is 13.8. The van der Waals surface area contributed by atoms with E-state index in [1.54, 1.807) is 18.2 Å². The fourth-order valence-corrected chi connectivity index (χ4v) is 3.23. The zero-order chi connectivity index (χ0) is 17.8. The molecule has 0 spiro atoms. The third-order valence-corrected chi connectivity index (χ3v) is 4.72. The van der Waals surface area contributed by atoms with Crippen molar-refractivity contribution in [2.45, 2.75) is 13.0 Å². The molecule has 0 unspecified atom stereocenters. The monoisotopic (exact) mass is 361 g/mol. The predicted molar refractivity (Wildman–Crippen MR) is 94.2 cm³/mol. The van der Waals surface area contributed by atoms with Gasteiger partial charge in [0.2, 0.25) is 5.13 Å². The van der Waals surface area contributed by atoms with Crippen LogP contribution in [0.1, 0.15) is 16.1 Å².